The summed E-state index contributed by atoms with van der Waals surface area (Å²) >= 11 is 10.7. The first-order valence-electron chi connectivity index (χ1n) is 10.2. The van der Waals surface area contributed by atoms with Crippen molar-refractivity contribution in [2.24, 2.45) is 0 Å². The Hall–Kier alpha value is -1.29. The molecule has 0 N–H and O–H groups in total. The highest BCUT2D eigenvalue weighted by Gasteiger charge is 2.22. The molecule has 0 saturated carbocycles. The SMILES string of the molecule is CC(C)=C(C(=O)CCN1CC=C(c2ccc(Cl)cc2)CC1)C1=C(S)CCCC1. The van der Waals surface area contributed by atoms with Crippen molar-refractivity contribution in [1.29, 1.82) is 0 Å². The largest absolute Gasteiger partial charge is 0.299 e. The topological polar surface area (TPSA) is 20.3 Å². The summed E-state index contributed by atoms with van der Waals surface area (Å²) in [5.41, 5.74) is 5.88. The number of thiol groups is 1. The molecule has 1 aliphatic carbocycles. The molecular weight excluding hydrogens is 386 g/mol. The van der Waals surface area contributed by atoms with Crippen LogP contribution in [0.3, 0.4) is 0 Å². The van der Waals surface area contributed by atoms with Gasteiger partial charge in [-0.1, -0.05) is 35.4 Å². The summed E-state index contributed by atoms with van der Waals surface area (Å²) < 4.78 is 0. The van der Waals surface area contributed by atoms with Gasteiger partial charge in [-0.05, 0) is 79.7 Å². The molecule has 0 spiro atoms. The van der Waals surface area contributed by atoms with Crippen LogP contribution in [0.4, 0.5) is 0 Å². The molecule has 0 unspecified atom stereocenters. The summed E-state index contributed by atoms with van der Waals surface area (Å²) in [4.78, 5) is 16.5. The lowest BCUT2D eigenvalue weighted by Crippen LogP contribution is -2.31. The molecule has 2 aliphatic rings. The van der Waals surface area contributed by atoms with Crippen LogP contribution in [0.1, 0.15) is 57.9 Å². The van der Waals surface area contributed by atoms with E-state index in [1.807, 2.05) is 12.1 Å². The number of nitrogens with zero attached hydrogens (tertiary/aromatic N) is 1. The lowest BCUT2D eigenvalue weighted by atomic mass is 9.87. The van der Waals surface area contributed by atoms with Crippen molar-refractivity contribution in [2.75, 3.05) is 19.6 Å². The first-order valence-corrected chi connectivity index (χ1v) is 11.1. The van der Waals surface area contributed by atoms with Gasteiger partial charge in [-0.15, -0.1) is 12.6 Å². The maximum atomic E-state index is 13.0. The Kier molecular flexibility index (Phi) is 7.62. The van der Waals surface area contributed by atoms with Crippen molar-refractivity contribution in [3.05, 3.63) is 62.6 Å². The zero-order chi connectivity index (χ0) is 20.1. The third-order valence-corrected chi connectivity index (χ3v) is 6.43. The zero-order valence-electron chi connectivity index (χ0n) is 16.9. The van der Waals surface area contributed by atoms with Crippen molar-refractivity contribution >= 4 is 35.6 Å². The molecule has 1 heterocycles. The first-order chi connectivity index (χ1) is 13.5. The van der Waals surface area contributed by atoms with Gasteiger partial charge in [-0.2, -0.15) is 0 Å². The Morgan fingerprint density at radius 3 is 2.43 bits per heavy atom. The van der Waals surface area contributed by atoms with Crippen molar-refractivity contribution in [3.63, 3.8) is 0 Å². The van der Waals surface area contributed by atoms with Gasteiger partial charge in [-0.3, -0.25) is 9.69 Å². The quantitative estimate of drug-likeness (QED) is 0.423. The van der Waals surface area contributed by atoms with E-state index in [1.165, 1.54) is 23.1 Å². The third-order valence-electron chi connectivity index (χ3n) is 5.68. The summed E-state index contributed by atoms with van der Waals surface area (Å²) in [6.45, 7) is 6.81. The summed E-state index contributed by atoms with van der Waals surface area (Å²) in [5, 5.41) is 0.771. The third kappa shape index (κ3) is 5.40. The Morgan fingerprint density at radius 2 is 1.82 bits per heavy atom. The van der Waals surface area contributed by atoms with E-state index in [-0.39, 0.29) is 5.78 Å². The normalized spacial score (nSPS) is 18.1. The van der Waals surface area contributed by atoms with Gasteiger partial charge in [0.2, 0.25) is 0 Å². The van der Waals surface area contributed by atoms with E-state index in [9.17, 15) is 4.79 Å². The van der Waals surface area contributed by atoms with E-state index in [0.717, 1.165) is 66.4 Å². The number of hydrogen-bond acceptors (Lipinski definition) is 3. The van der Waals surface area contributed by atoms with Gasteiger partial charge in [0.1, 0.15) is 0 Å². The fourth-order valence-electron chi connectivity index (χ4n) is 4.13. The van der Waals surface area contributed by atoms with Crippen LogP contribution in [-0.4, -0.2) is 30.3 Å². The summed E-state index contributed by atoms with van der Waals surface area (Å²) in [6, 6.07) is 8.06. The second-order valence-corrected chi connectivity index (χ2v) is 8.94. The smallest absolute Gasteiger partial charge is 0.164 e. The molecule has 0 radical (unpaired) electrons. The Bertz CT molecular complexity index is 816. The Balaban J connectivity index is 1.59. The van der Waals surface area contributed by atoms with Gasteiger partial charge in [0, 0.05) is 36.7 Å². The van der Waals surface area contributed by atoms with Crippen LogP contribution in [0.15, 0.2) is 52.0 Å². The average molecular weight is 416 g/mol. The molecule has 0 aromatic heterocycles. The van der Waals surface area contributed by atoms with E-state index >= 15 is 0 Å². The standard InChI is InChI=1S/C24H30ClNOS/c1-17(2)24(21-5-3-4-6-23(21)28)22(27)13-16-26-14-11-19(12-15-26)18-7-9-20(25)10-8-18/h7-11,28H,3-6,12-16H2,1-2H3. The van der Waals surface area contributed by atoms with Gasteiger partial charge in [0.25, 0.3) is 0 Å². The number of allylic oxidation sites excluding steroid dienone is 4. The molecule has 3 rings (SSSR count). The molecule has 0 bridgehead atoms. The number of rotatable bonds is 6. The highest BCUT2D eigenvalue weighted by atomic mass is 35.5. The molecule has 0 saturated heterocycles. The maximum Gasteiger partial charge on any atom is 0.164 e. The predicted octanol–water partition coefficient (Wildman–Crippen LogP) is 6.48. The fourth-order valence-corrected chi connectivity index (χ4v) is 4.64. The fraction of sp³-hybridized carbons (Fsp3) is 0.458. The minimum atomic E-state index is 0.274. The summed E-state index contributed by atoms with van der Waals surface area (Å²) in [6.07, 6.45) is 8.21. The molecule has 150 valence electrons. The number of hydrogen-bond donors (Lipinski definition) is 1. The minimum absolute atomic E-state index is 0.274. The first kappa shape index (κ1) is 21.4. The molecule has 0 amide bonds. The predicted molar refractivity (Wildman–Crippen MR) is 123 cm³/mol. The van der Waals surface area contributed by atoms with Gasteiger partial charge >= 0.3 is 0 Å². The van der Waals surface area contributed by atoms with E-state index < -0.39 is 0 Å². The molecule has 4 heteroatoms. The number of carbonyl (C=O) groups excluding carboxylic acids is 1. The van der Waals surface area contributed by atoms with Crippen LogP contribution in [0, 0.1) is 0 Å². The zero-order valence-corrected chi connectivity index (χ0v) is 18.6. The van der Waals surface area contributed by atoms with Gasteiger partial charge in [-0.25, -0.2) is 0 Å². The van der Waals surface area contributed by atoms with Crippen molar-refractivity contribution < 1.29 is 4.79 Å². The van der Waals surface area contributed by atoms with E-state index in [0.29, 0.717) is 6.42 Å². The minimum Gasteiger partial charge on any atom is -0.299 e. The van der Waals surface area contributed by atoms with Crippen molar-refractivity contribution in [3.8, 4) is 0 Å². The van der Waals surface area contributed by atoms with Crippen molar-refractivity contribution in [2.45, 2.75) is 52.4 Å². The Labute approximate surface area is 179 Å². The second-order valence-electron chi connectivity index (χ2n) is 7.97. The number of Topliss-reactive ketones (excluding diaryl/α,β-unsaturated/α-hetero) is 1. The lowest BCUT2D eigenvalue weighted by Gasteiger charge is -2.27. The van der Waals surface area contributed by atoms with Crippen LogP contribution < -0.4 is 0 Å². The number of halogens is 1. The molecule has 1 aromatic carbocycles. The molecular formula is C24H30ClNOS. The average Bonchev–Trinajstić information content (AvgIpc) is 2.69. The molecule has 0 atom stereocenters. The maximum absolute atomic E-state index is 13.0. The highest BCUT2D eigenvalue weighted by molar-refractivity contribution is 7.84. The Morgan fingerprint density at radius 1 is 1.11 bits per heavy atom. The summed E-state index contributed by atoms with van der Waals surface area (Å²) in [5.74, 6) is 0.274. The second kappa shape index (κ2) is 9.96. The van der Waals surface area contributed by atoms with Gasteiger partial charge < -0.3 is 0 Å². The van der Waals surface area contributed by atoms with E-state index in [1.54, 1.807) is 0 Å². The number of carbonyl (C=O) groups is 1. The van der Waals surface area contributed by atoms with Crippen molar-refractivity contribution in [1.82, 2.24) is 4.90 Å². The molecule has 2 nitrogen and oxygen atoms in total. The van der Waals surface area contributed by atoms with Crippen LogP contribution in [0.2, 0.25) is 5.02 Å². The van der Waals surface area contributed by atoms with Gasteiger partial charge in [0.15, 0.2) is 5.78 Å². The van der Waals surface area contributed by atoms with E-state index in [4.69, 9.17) is 11.6 Å². The van der Waals surface area contributed by atoms with Gasteiger partial charge in [0.05, 0.1) is 0 Å². The van der Waals surface area contributed by atoms with Crippen LogP contribution in [-0.2, 0) is 4.79 Å². The molecule has 1 aliphatic heterocycles. The van der Waals surface area contributed by atoms with E-state index in [2.05, 4.69) is 49.6 Å². The lowest BCUT2D eigenvalue weighted by molar-refractivity contribution is -0.115. The number of ketones is 1. The van der Waals surface area contributed by atoms with Crippen LogP contribution in [0.5, 0.6) is 0 Å². The summed E-state index contributed by atoms with van der Waals surface area (Å²) in [7, 11) is 0. The molecule has 0 fully saturated rings. The highest BCUT2D eigenvalue weighted by Crippen LogP contribution is 2.34. The monoisotopic (exact) mass is 415 g/mol. The number of benzene rings is 1. The molecule has 28 heavy (non-hydrogen) atoms. The van der Waals surface area contributed by atoms with Crippen LogP contribution in [0.25, 0.3) is 5.57 Å². The van der Waals surface area contributed by atoms with Crippen LogP contribution >= 0.6 is 24.2 Å². The molecule has 1 aromatic rings.